The number of aryl methyl sites for hydroxylation is 1. The van der Waals surface area contributed by atoms with Crippen molar-refractivity contribution >= 4 is 33.2 Å². The van der Waals surface area contributed by atoms with Crippen molar-refractivity contribution < 1.29 is 19.7 Å². The number of rotatable bonds is 3. The number of β-amino-alcohol motifs (C(OH)–C–C–N with tert-alkyl or cyclic N) is 1. The molecule has 134 valence electrons. The maximum Gasteiger partial charge on any atom is 0.411 e. The molecule has 6 heteroatoms. The van der Waals surface area contributed by atoms with Gasteiger partial charge in [-0.2, -0.15) is 0 Å². The van der Waals surface area contributed by atoms with Gasteiger partial charge in [0, 0.05) is 17.9 Å². The minimum atomic E-state index is -1.06. The van der Waals surface area contributed by atoms with Crippen LogP contribution in [-0.2, 0) is 13.0 Å². The van der Waals surface area contributed by atoms with Crippen molar-refractivity contribution in [3.63, 3.8) is 0 Å². The molecule has 1 aromatic heterocycles. The summed E-state index contributed by atoms with van der Waals surface area (Å²) in [6.07, 6.45) is -1.31. The number of aliphatic hydroxyl groups is 1. The van der Waals surface area contributed by atoms with Gasteiger partial charge in [0.15, 0.2) is 0 Å². The fourth-order valence-electron chi connectivity index (χ4n) is 3.49. The van der Waals surface area contributed by atoms with Crippen LogP contribution < -0.4 is 9.64 Å². The summed E-state index contributed by atoms with van der Waals surface area (Å²) in [6, 6.07) is 11.7. The zero-order valence-corrected chi connectivity index (χ0v) is 15.1. The third kappa shape index (κ3) is 2.91. The molecule has 1 atom stereocenters. The van der Waals surface area contributed by atoms with E-state index >= 15 is 0 Å². The first-order chi connectivity index (χ1) is 12.5. The Labute approximate surface area is 155 Å². The largest absolute Gasteiger partial charge is 0.487 e. The van der Waals surface area contributed by atoms with Crippen LogP contribution in [0.4, 0.5) is 10.5 Å². The number of ether oxygens (including phenoxy) is 1. The predicted molar refractivity (Wildman–Crippen MR) is 102 cm³/mol. The summed E-state index contributed by atoms with van der Waals surface area (Å²) >= 11 is 1.59. The van der Waals surface area contributed by atoms with Crippen LogP contribution in [0.5, 0.6) is 5.75 Å². The van der Waals surface area contributed by atoms with E-state index in [2.05, 4.69) is 0 Å². The Bertz CT molecular complexity index is 967. The number of fused-ring (bicyclic) bond motifs is 3. The second-order valence-electron chi connectivity index (χ2n) is 6.52. The van der Waals surface area contributed by atoms with Gasteiger partial charge < -0.3 is 14.9 Å². The molecule has 1 aliphatic heterocycles. The number of aliphatic hydroxyl groups excluding tert-OH is 1. The normalized spacial score (nSPS) is 16.5. The Morgan fingerprint density at radius 2 is 2.12 bits per heavy atom. The van der Waals surface area contributed by atoms with Gasteiger partial charge in [-0.25, -0.2) is 4.79 Å². The molecule has 4 rings (SSSR count). The van der Waals surface area contributed by atoms with E-state index in [0.29, 0.717) is 24.5 Å². The topological polar surface area (TPSA) is 70.0 Å². The van der Waals surface area contributed by atoms with E-state index in [0.717, 1.165) is 26.8 Å². The molecule has 0 saturated carbocycles. The third-order valence-corrected chi connectivity index (χ3v) is 5.78. The Kier molecular flexibility index (Phi) is 4.30. The van der Waals surface area contributed by atoms with Crippen molar-refractivity contribution in [3.05, 3.63) is 58.5 Å². The fraction of sp³-hybridized carbons (Fsp3) is 0.250. The SMILES string of the molecule is Cc1csc2c(OCc3ccccc3)cc3c(c12)C[C@@H](O)CN3C(=O)O. The van der Waals surface area contributed by atoms with E-state index in [1.165, 1.54) is 4.90 Å². The van der Waals surface area contributed by atoms with Crippen molar-refractivity contribution in [1.82, 2.24) is 0 Å². The van der Waals surface area contributed by atoms with E-state index in [1.54, 1.807) is 17.4 Å². The lowest BCUT2D eigenvalue weighted by atomic mass is 9.94. The van der Waals surface area contributed by atoms with Gasteiger partial charge in [-0.3, -0.25) is 4.90 Å². The zero-order valence-electron chi connectivity index (χ0n) is 14.3. The maximum absolute atomic E-state index is 11.7. The number of nitrogens with zero attached hydrogens (tertiary/aromatic N) is 1. The summed E-state index contributed by atoms with van der Waals surface area (Å²) in [4.78, 5) is 12.9. The van der Waals surface area contributed by atoms with Crippen LogP contribution in [0, 0.1) is 6.92 Å². The molecule has 5 nitrogen and oxygen atoms in total. The van der Waals surface area contributed by atoms with Crippen LogP contribution in [0.2, 0.25) is 0 Å². The Hall–Kier alpha value is -2.57. The minimum absolute atomic E-state index is 0.0785. The summed E-state index contributed by atoms with van der Waals surface area (Å²) in [7, 11) is 0. The molecule has 2 N–H and O–H groups in total. The number of benzene rings is 2. The molecular formula is C20H19NO4S. The van der Waals surface area contributed by atoms with Gasteiger partial charge in [-0.15, -0.1) is 11.3 Å². The Morgan fingerprint density at radius 1 is 1.35 bits per heavy atom. The molecule has 0 unspecified atom stereocenters. The van der Waals surface area contributed by atoms with E-state index in [9.17, 15) is 15.0 Å². The number of anilines is 1. The zero-order chi connectivity index (χ0) is 18.3. The van der Waals surface area contributed by atoms with Crippen LogP contribution in [0.15, 0.2) is 41.8 Å². The standard InChI is InChI=1S/C20H19NO4S/c1-12-11-26-19-17(25-10-13-5-3-2-4-6-13)8-16-15(18(12)19)7-14(22)9-21(16)20(23)24/h2-6,8,11,14,22H,7,9-10H2,1H3,(H,23,24)/t14-/m1/s1. The molecule has 2 heterocycles. The van der Waals surface area contributed by atoms with Crippen molar-refractivity contribution in [2.75, 3.05) is 11.4 Å². The average molecular weight is 369 g/mol. The molecule has 3 aromatic rings. The highest BCUT2D eigenvalue weighted by molar-refractivity contribution is 7.17. The van der Waals surface area contributed by atoms with Crippen LogP contribution in [0.3, 0.4) is 0 Å². The summed E-state index contributed by atoms with van der Waals surface area (Å²) < 4.78 is 7.06. The van der Waals surface area contributed by atoms with Crippen molar-refractivity contribution in [2.45, 2.75) is 26.1 Å². The van der Waals surface area contributed by atoms with Gasteiger partial charge in [-0.1, -0.05) is 30.3 Å². The van der Waals surface area contributed by atoms with Crippen molar-refractivity contribution in [3.8, 4) is 5.75 Å². The summed E-state index contributed by atoms with van der Waals surface area (Å²) in [6.45, 7) is 2.50. The predicted octanol–water partition coefficient (Wildman–Crippen LogP) is 4.19. The van der Waals surface area contributed by atoms with Gasteiger partial charge in [0.2, 0.25) is 0 Å². The Morgan fingerprint density at radius 3 is 2.85 bits per heavy atom. The fourth-order valence-corrected chi connectivity index (χ4v) is 4.53. The van der Waals surface area contributed by atoms with Gasteiger partial charge in [0.05, 0.1) is 23.0 Å². The first-order valence-corrected chi connectivity index (χ1v) is 9.31. The first-order valence-electron chi connectivity index (χ1n) is 8.43. The van der Waals surface area contributed by atoms with Crippen LogP contribution in [-0.4, -0.2) is 29.0 Å². The molecule has 2 aromatic carbocycles. The Balaban J connectivity index is 1.81. The lowest BCUT2D eigenvalue weighted by molar-refractivity contribution is 0.163. The molecule has 0 radical (unpaired) electrons. The molecule has 0 spiro atoms. The van der Waals surface area contributed by atoms with E-state index < -0.39 is 12.2 Å². The highest BCUT2D eigenvalue weighted by Gasteiger charge is 2.31. The minimum Gasteiger partial charge on any atom is -0.487 e. The lowest BCUT2D eigenvalue weighted by Gasteiger charge is -2.31. The monoisotopic (exact) mass is 369 g/mol. The first kappa shape index (κ1) is 16.9. The van der Waals surface area contributed by atoms with E-state index in [4.69, 9.17) is 4.74 Å². The number of amides is 1. The number of carboxylic acid groups (broad SMARTS) is 1. The van der Waals surface area contributed by atoms with Crippen LogP contribution in [0.1, 0.15) is 16.7 Å². The number of hydrogen-bond acceptors (Lipinski definition) is 4. The van der Waals surface area contributed by atoms with Crippen LogP contribution >= 0.6 is 11.3 Å². The molecule has 26 heavy (non-hydrogen) atoms. The highest BCUT2D eigenvalue weighted by atomic mass is 32.1. The quantitative estimate of drug-likeness (QED) is 0.726. The smallest absolute Gasteiger partial charge is 0.411 e. The van der Waals surface area contributed by atoms with Gasteiger partial charge in [0.1, 0.15) is 12.4 Å². The second-order valence-corrected chi connectivity index (χ2v) is 7.40. The summed E-state index contributed by atoms with van der Waals surface area (Å²) in [5.41, 5.74) is 3.62. The number of carbonyl (C=O) groups is 1. The molecular weight excluding hydrogens is 350 g/mol. The number of thiophene rings is 1. The average Bonchev–Trinajstić information content (AvgIpc) is 3.02. The van der Waals surface area contributed by atoms with Crippen LogP contribution in [0.25, 0.3) is 10.1 Å². The van der Waals surface area contributed by atoms with E-state index in [-0.39, 0.29) is 6.54 Å². The highest BCUT2D eigenvalue weighted by Crippen LogP contribution is 2.44. The number of hydrogen-bond donors (Lipinski definition) is 2. The summed E-state index contributed by atoms with van der Waals surface area (Å²) in [5, 5.41) is 22.8. The van der Waals surface area contributed by atoms with Gasteiger partial charge in [-0.05, 0) is 29.0 Å². The molecule has 1 aliphatic rings. The van der Waals surface area contributed by atoms with Crippen molar-refractivity contribution in [2.24, 2.45) is 0 Å². The molecule has 0 fully saturated rings. The van der Waals surface area contributed by atoms with Gasteiger partial charge in [0.25, 0.3) is 0 Å². The second kappa shape index (κ2) is 6.63. The lowest BCUT2D eigenvalue weighted by Crippen LogP contribution is -2.41. The van der Waals surface area contributed by atoms with Gasteiger partial charge >= 0.3 is 6.09 Å². The van der Waals surface area contributed by atoms with Crippen molar-refractivity contribution in [1.29, 1.82) is 0 Å². The molecule has 1 amide bonds. The summed E-state index contributed by atoms with van der Waals surface area (Å²) in [5.74, 6) is 0.684. The van der Waals surface area contributed by atoms with E-state index in [1.807, 2.05) is 42.6 Å². The molecule has 0 bridgehead atoms. The molecule has 0 saturated heterocycles. The maximum atomic E-state index is 11.7. The third-order valence-electron chi connectivity index (χ3n) is 4.67. The molecule has 0 aliphatic carbocycles.